The number of rotatable bonds is 5. The van der Waals surface area contributed by atoms with E-state index in [2.05, 4.69) is 43.3 Å². The van der Waals surface area contributed by atoms with Gasteiger partial charge in [0.05, 0.1) is 11.9 Å². The Labute approximate surface area is 184 Å². The van der Waals surface area contributed by atoms with Gasteiger partial charge in [0.15, 0.2) is 5.16 Å². The Morgan fingerprint density at radius 2 is 1.77 bits per heavy atom. The molecule has 2 aromatic carbocycles. The van der Waals surface area contributed by atoms with Gasteiger partial charge in [0, 0.05) is 10.6 Å². The van der Waals surface area contributed by atoms with Gasteiger partial charge < -0.3 is 0 Å². The molecule has 30 heavy (non-hydrogen) atoms. The Hall–Kier alpha value is -2.37. The van der Waals surface area contributed by atoms with E-state index >= 15 is 0 Å². The first-order chi connectivity index (χ1) is 14.7. The molecule has 0 bridgehead atoms. The Balaban J connectivity index is 1.61. The van der Waals surface area contributed by atoms with Gasteiger partial charge in [0.2, 0.25) is 0 Å². The Morgan fingerprint density at radius 1 is 1.07 bits per heavy atom. The summed E-state index contributed by atoms with van der Waals surface area (Å²) in [5.74, 6) is 1.43. The maximum Gasteiger partial charge on any atom is 0.263 e. The summed E-state index contributed by atoms with van der Waals surface area (Å²) in [6.07, 6.45) is 3.27. The van der Waals surface area contributed by atoms with Crippen molar-refractivity contribution >= 4 is 33.3 Å². The van der Waals surface area contributed by atoms with E-state index in [1.807, 2.05) is 28.8 Å². The second kappa shape index (κ2) is 8.40. The highest BCUT2D eigenvalue weighted by molar-refractivity contribution is 7.98. The van der Waals surface area contributed by atoms with E-state index in [0.29, 0.717) is 12.5 Å². The molecule has 0 unspecified atom stereocenters. The molecule has 0 saturated carbocycles. The minimum absolute atomic E-state index is 0.117. The zero-order valence-corrected chi connectivity index (χ0v) is 18.6. The lowest BCUT2D eigenvalue weighted by atomic mass is 9.89. The summed E-state index contributed by atoms with van der Waals surface area (Å²) in [5.41, 5.74) is 3.74. The maximum atomic E-state index is 13.7. The number of benzene rings is 2. The van der Waals surface area contributed by atoms with E-state index in [4.69, 9.17) is 4.98 Å². The zero-order chi connectivity index (χ0) is 20.5. The fraction of sp³-hybridized carbons (Fsp3) is 0.280. The maximum absolute atomic E-state index is 13.7. The SMILES string of the molecule is C[C@@H]1CCc2sc3nc(SCc4ccccc4)n(Cc4ccccc4)c(=O)c3c2C1. The molecule has 5 rings (SSSR count). The average Bonchev–Trinajstić information content (AvgIpc) is 3.13. The van der Waals surface area contributed by atoms with Crippen LogP contribution in [0.3, 0.4) is 0 Å². The predicted molar refractivity (Wildman–Crippen MR) is 127 cm³/mol. The van der Waals surface area contributed by atoms with Gasteiger partial charge in [0.25, 0.3) is 5.56 Å². The number of thiophene rings is 1. The molecule has 0 spiro atoms. The molecule has 0 amide bonds. The number of aromatic nitrogens is 2. The molecule has 0 radical (unpaired) electrons. The van der Waals surface area contributed by atoms with E-state index in [1.165, 1.54) is 22.4 Å². The van der Waals surface area contributed by atoms with Crippen molar-refractivity contribution in [2.24, 2.45) is 5.92 Å². The third-order valence-electron chi connectivity index (χ3n) is 5.77. The smallest absolute Gasteiger partial charge is 0.263 e. The van der Waals surface area contributed by atoms with Gasteiger partial charge in [-0.3, -0.25) is 9.36 Å². The standard InChI is InChI=1S/C25H24N2OS2/c1-17-12-13-21-20(14-17)22-23(30-21)26-25(29-16-19-10-6-3-7-11-19)27(24(22)28)15-18-8-4-2-5-9-18/h2-11,17H,12-16H2,1H3/t17-/m1/s1. The van der Waals surface area contributed by atoms with Crippen LogP contribution in [0, 0.1) is 5.92 Å². The van der Waals surface area contributed by atoms with E-state index in [1.54, 1.807) is 23.1 Å². The lowest BCUT2D eigenvalue weighted by Gasteiger charge is -2.18. The minimum atomic E-state index is 0.117. The Morgan fingerprint density at radius 3 is 2.50 bits per heavy atom. The van der Waals surface area contributed by atoms with Crippen LogP contribution >= 0.6 is 23.1 Å². The van der Waals surface area contributed by atoms with Crippen molar-refractivity contribution in [1.29, 1.82) is 0 Å². The molecular weight excluding hydrogens is 408 g/mol. The summed E-state index contributed by atoms with van der Waals surface area (Å²) in [7, 11) is 0. The van der Waals surface area contributed by atoms with Gasteiger partial charge in [-0.1, -0.05) is 79.3 Å². The predicted octanol–water partition coefficient (Wildman–Crippen LogP) is 5.92. The van der Waals surface area contributed by atoms with Crippen LogP contribution in [0.5, 0.6) is 0 Å². The van der Waals surface area contributed by atoms with Crippen molar-refractivity contribution in [3.05, 3.63) is 92.6 Å². The fourth-order valence-electron chi connectivity index (χ4n) is 4.15. The van der Waals surface area contributed by atoms with Crippen LogP contribution in [-0.2, 0) is 25.1 Å². The van der Waals surface area contributed by atoms with Gasteiger partial charge >= 0.3 is 0 Å². The quantitative estimate of drug-likeness (QED) is 0.290. The van der Waals surface area contributed by atoms with Crippen molar-refractivity contribution in [2.75, 3.05) is 0 Å². The lowest BCUT2D eigenvalue weighted by molar-refractivity contribution is 0.508. The molecule has 1 aliphatic rings. The van der Waals surface area contributed by atoms with Crippen molar-refractivity contribution < 1.29 is 0 Å². The summed E-state index contributed by atoms with van der Waals surface area (Å²) < 4.78 is 1.89. The number of thioether (sulfide) groups is 1. The molecule has 152 valence electrons. The second-order valence-corrected chi connectivity index (χ2v) is 10.1. The second-order valence-electron chi connectivity index (χ2n) is 8.08. The largest absolute Gasteiger partial charge is 0.283 e. The minimum Gasteiger partial charge on any atom is -0.283 e. The third kappa shape index (κ3) is 3.84. The first-order valence-corrected chi connectivity index (χ1v) is 12.2. The van der Waals surface area contributed by atoms with Crippen molar-refractivity contribution in [3.8, 4) is 0 Å². The summed E-state index contributed by atoms with van der Waals surface area (Å²) in [6, 6.07) is 20.6. The molecule has 4 aromatic rings. The topological polar surface area (TPSA) is 34.9 Å². The van der Waals surface area contributed by atoms with Gasteiger partial charge in [0.1, 0.15) is 4.83 Å². The summed E-state index contributed by atoms with van der Waals surface area (Å²) >= 11 is 3.38. The molecule has 1 atom stereocenters. The van der Waals surface area contributed by atoms with Crippen molar-refractivity contribution in [1.82, 2.24) is 9.55 Å². The summed E-state index contributed by atoms with van der Waals surface area (Å²) in [4.78, 5) is 21.0. The molecule has 2 heterocycles. The number of nitrogens with zero attached hydrogens (tertiary/aromatic N) is 2. The van der Waals surface area contributed by atoms with E-state index in [9.17, 15) is 4.79 Å². The van der Waals surface area contributed by atoms with Gasteiger partial charge in [-0.2, -0.15) is 0 Å². The third-order valence-corrected chi connectivity index (χ3v) is 8.00. The van der Waals surface area contributed by atoms with Crippen LogP contribution in [0.1, 0.15) is 34.9 Å². The van der Waals surface area contributed by atoms with E-state index in [-0.39, 0.29) is 5.56 Å². The van der Waals surface area contributed by atoms with Gasteiger partial charge in [-0.05, 0) is 41.9 Å². The molecule has 0 saturated heterocycles. The highest BCUT2D eigenvalue weighted by Gasteiger charge is 2.25. The molecule has 0 N–H and O–H groups in total. The van der Waals surface area contributed by atoms with Crippen LogP contribution in [0.25, 0.3) is 10.2 Å². The van der Waals surface area contributed by atoms with Crippen LogP contribution in [0.2, 0.25) is 0 Å². The number of aryl methyl sites for hydroxylation is 1. The number of hydrogen-bond acceptors (Lipinski definition) is 4. The van der Waals surface area contributed by atoms with Crippen molar-refractivity contribution in [3.63, 3.8) is 0 Å². The van der Waals surface area contributed by atoms with Crippen LogP contribution < -0.4 is 5.56 Å². The lowest BCUT2D eigenvalue weighted by Crippen LogP contribution is -2.24. The fourth-order valence-corrected chi connectivity index (χ4v) is 6.36. The van der Waals surface area contributed by atoms with Gasteiger partial charge in [-0.25, -0.2) is 4.98 Å². The Kier molecular flexibility index (Phi) is 5.48. The monoisotopic (exact) mass is 432 g/mol. The highest BCUT2D eigenvalue weighted by atomic mass is 32.2. The van der Waals surface area contributed by atoms with Crippen LogP contribution in [-0.4, -0.2) is 9.55 Å². The van der Waals surface area contributed by atoms with Crippen LogP contribution in [0.4, 0.5) is 0 Å². The van der Waals surface area contributed by atoms with E-state index in [0.717, 1.165) is 39.5 Å². The molecule has 0 fully saturated rings. The molecule has 0 aliphatic heterocycles. The first kappa shape index (κ1) is 19.6. The molecule has 2 aromatic heterocycles. The average molecular weight is 433 g/mol. The zero-order valence-electron chi connectivity index (χ0n) is 17.0. The van der Waals surface area contributed by atoms with Gasteiger partial charge in [-0.15, -0.1) is 11.3 Å². The van der Waals surface area contributed by atoms with E-state index < -0.39 is 0 Å². The summed E-state index contributed by atoms with van der Waals surface area (Å²) in [6.45, 7) is 2.84. The number of hydrogen-bond donors (Lipinski definition) is 0. The Bertz CT molecular complexity index is 1230. The molecule has 1 aliphatic carbocycles. The first-order valence-electron chi connectivity index (χ1n) is 10.4. The molecule has 5 heteroatoms. The van der Waals surface area contributed by atoms with Crippen molar-refractivity contribution in [2.45, 2.75) is 43.6 Å². The number of fused-ring (bicyclic) bond motifs is 3. The summed E-state index contributed by atoms with van der Waals surface area (Å²) in [5, 5.41) is 1.67. The molecule has 3 nitrogen and oxygen atoms in total. The molecular formula is C25H24N2OS2. The normalized spacial score (nSPS) is 16.0. The highest BCUT2D eigenvalue weighted by Crippen LogP contribution is 2.36. The van der Waals surface area contributed by atoms with Crippen LogP contribution in [0.15, 0.2) is 70.6 Å².